The van der Waals surface area contributed by atoms with E-state index in [1.165, 1.54) is 0 Å². The van der Waals surface area contributed by atoms with E-state index in [1.807, 2.05) is 12.2 Å². The highest BCUT2D eigenvalue weighted by atomic mass is 16.4. The molecule has 1 fully saturated rings. The molecule has 1 amide bonds. The van der Waals surface area contributed by atoms with Crippen LogP contribution in [0.25, 0.3) is 0 Å². The minimum absolute atomic E-state index is 0.0257. The molecular formula is C15H23NO4. The molecule has 3 N–H and O–H groups in total. The third-order valence-corrected chi connectivity index (χ3v) is 4.43. The number of aliphatic hydroxyl groups is 1. The number of hydrogen-bond donors (Lipinski definition) is 3. The van der Waals surface area contributed by atoms with E-state index in [4.69, 9.17) is 5.11 Å². The number of amides is 1. The molecule has 2 bridgehead atoms. The van der Waals surface area contributed by atoms with Crippen molar-refractivity contribution in [2.75, 3.05) is 13.2 Å². The van der Waals surface area contributed by atoms with Crippen LogP contribution in [0, 0.1) is 23.7 Å². The standard InChI is InChI=1S/C15H23NO4/c17-8-4-2-1-3-7-16-14(18)12-10-5-6-11(9-10)13(12)15(19)20/h5-6,10-13,17H,1-4,7-9H2,(H,16,18)(H,19,20)/t10?,11?,12-,13+/m0/s1. The lowest BCUT2D eigenvalue weighted by Gasteiger charge is -2.23. The van der Waals surface area contributed by atoms with Gasteiger partial charge in [0.2, 0.25) is 5.91 Å². The highest BCUT2D eigenvalue weighted by molar-refractivity contribution is 5.86. The van der Waals surface area contributed by atoms with Crippen LogP contribution in [0.3, 0.4) is 0 Å². The fraction of sp³-hybridized carbons (Fsp3) is 0.733. The maximum atomic E-state index is 12.2. The number of carboxylic acid groups (broad SMARTS) is 1. The molecular weight excluding hydrogens is 258 g/mol. The quantitative estimate of drug-likeness (QED) is 0.460. The number of fused-ring (bicyclic) bond motifs is 2. The largest absolute Gasteiger partial charge is 0.481 e. The second-order valence-electron chi connectivity index (χ2n) is 5.77. The van der Waals surface area contributed by atoms with Crippen molar-refractivity contribution in [2.45, 2.75) is 32.1 Å². The van der Waals surface area contributed by atoms with Crippen LogP contribution in [0.2, 0.25) is 0 Å². The van der Waals surface area contributed by atoms with Crippen molar-refractivity contribution in [2.24, 2.45) is 23.7 Å². The smallest absolute Gasteiger partial charge is 0.307 e. The summed E-state index contributed by atoms with van der Waals surface area (Å²) >= 11 is 0. The normalized spacial score (nSPS) is 30.6. The molecule has 0 spiro atoms. The third-order valence-electron chi connectivity index (χ3n) is 4.43. The lowest BCUT2D eigenvalue weighted by Crippen LogP contribution is -2.40. The fourth-order valence-corrected chi connectivity index (χ4v) is 3.44. The molecule has 5 heteroatoms. The van der Waals surface area contributed by atoms with Gasteiger partial charge in [-0.2, -0.15) is 0 Å². The van der Waals surface area contributed by atoms with E-state index >= 15 is 0 Å². The van der Waals surface area contributed by atoms with Crippen LogP contribution < -0.4 is 5.32 Å². The van der Waals surface area contributed by atoms with Crippen molar-refractivity contribution in [3.8, 4) is 0 Å². The first-order chi connectivity index (χ1) is 9.65. The summed E-state index contributed by atoms with van der Waals surface area (Å²) in [5.74, 6) is -1.81. The Hall–Kier alpha value is -1.36. The van der Waals surface area contributed by atoms with E-state index in [9.17, 15) is 14.7 Å². The van der Waals surface area contributed by atoms with E-state index in [0.29, 0.717) is 6.54 Å². The van der Waals surface area contributed by atoms with Gasteiger partial charge >= 0.3 is 5.97 Å². The van der Waals surface area contributed by atoms with Crippen LogP contribution in [0.15, 0.2) is 12.2 Å². The lowest BCUT2D eigenvalue weighted by molar-refractivity contribution is -0.147. The van der Waals surface area contributed by atoms with Crippen molar-refractivity contribution in [1.29, 1.82) is 0 Å². The molecule has 0 aromatic rings. The molecule has 4 atom stereocenters. The summed E-state index contributed by atoms with van der Waals surface area (Å²) in [5, 5.41) is 20.8. The average molecular weight is 281 g/mol. The van der Waals surface area contributed by atoms with Gasteiger partial charge in [-0.1, -0.05) is 25.0 Å². The molecule has 2 unspecified atom stereocenters. The molecule has 0 aromatic carbocycles. The molecule has 0 saturated heterocycles. The summed E-state index contributed by atoms with van der Waals surface area (Å²) in [6.07, 6.45) is 8.34. The maximum Gasteiger partial charge on any atom is 0.307 e. The zero-order valence-electron chi connectivity index (χ0n) is 11.6. The van der Waals surface area contributed by atoms with E-state index in [0.717, 1.165) is 32.1 Å². The molecule has 1 saturated carbocycles. The molecule has 2 aliphatic rings. The maximum absolute atomic E-state index is 12.2. The Balaban J connectivity index is 1.77. The van der Waals surface area contributed by atoms with Crippen LogP contribution >= 0.6 is 0 Å². The van der Waals surface area contributed by atoms with Gasteiger partial charge in [0.25, 0.3) is 0 Å². The molecule has 0 aliphatic heterocycles. The van der Waals surface area contributed by atoms with E-state index in [1.54, 1.807) is 0 Å². The molecule has 2 rings (SSSR count). The molecule has 0 radical (unpaired) electrons. The number of nitrogens with one attached hydrogen (secondary N) is 1. The number of carboxylic acids is 1. The first-order valence-corrected chi connectivity index (χ1v) is 7.45. The SMILES string of the molecule is O=C(O)[C@@H]1C2C=CC(C2)[C@@H]1C(=O)NCCCCCCO. The van der Waals surface area contributed by atoms with E-state index < -0.39 is 17.8 Å². The number of unbranched alkanes of at least 4 members (excludes halogenated alkanes) is 3. The molecule has 5 nitrogen and oxygen atoms in total. The summed E-state index contributed by atoms with van der Waals surface area (Å²) < 4.78 is 0. The second-order valence-corrected chi connectivity index (χ2v) is 5.77. The summed E-state index contributed by atoms with van der Waals surface area (Å²) in [6.45, 7) is 0.804. The predicted octanol–water partition coefficient (Wildman–Crippen LogP) is 1.18. The zero-order chi connectivity index (χ0) is 14.5. The number of hydrogen-bond acceptors (Lipinski definition) is 3. The van der Waals surface area contributed by atoms with Crippen LogP contribution in [-0.4, -0.2) is 35.2 Å². The first-order valence-electron chi connectivity index (χ1n) is 7.45. The highest BCUT2D eigenvalue weighted by Gasteiger charge is 2.51. The van der Waals surface area contributed by atoms with Gasteiger partial charge < -0.3 is 15.5 Å². The minimum atomic E-state index is -0.857. The average Bonchev–Trinajstić information content (AvgIpc) is 3.02. The monoisotopic (exact) mass is 281 g/mol. The number of allylic oxidation sites excluding steroid dienone is 2. The summed E-state index contributed by atoms with van der Waals surface area (Å²) in [5.41, 5.74) is 0. The Bertz CT molecular complexity index is 393. The van der Waals surface area contributed by atoms with Crippen LogP contribution in [0.4, 0.5) is 0 Å². The molecule has 2 aliphatic carbocycles. The van der Waals surface area contributed by atoms with Gasteiger partial charge in [0, 0.05) is 13.2 Å². The van der Waals surface area contributed by atoms with Crippen molar-refractivity contribution < 1.29 is 19.8 Å². The van der Waals surface area contributed by atoms with Gasteiger partial charge in [-0.05, 0) is 31.1 Å². The number of aliphatic carboxylic acids is 1. The van der Waals surface area contributed by atoms with Gasteiger partial charge in [-0.3, -0.25) is 9.59 Å². The number of carbonyl (C=O) groups is 2. The Morgan fingerprint density at radius 2 is 1.70 bits per heavy atom. The van der Waals surface area contributed by atoms with Gasteiger partial charge in [-0.15, -0.1) is 0 Å². The number of aliphatic hydroxyl groups excluding tert-OH is 1. The van der Waals surface area contributed by atoms with E-state index in [-0.39, 0.29) is 24.3 Å². The summed E-state index contributed by atoms with van der Waals surface area (Å²) in [7, 11) is 0. The van der Waals surface area contributed by atoms with Gasteiger partial charge in [0.15, 0.2) is 0 Å². The molecule has 0 heterocycles. The minimum Gasteiger partial charge on any atom is -0.481 e. The second kappa shape index (κ2) is 6.88. The third kappa shape index (κ3) is 3.20. The van der Waals surface area contributed by atoms with Crippen LogP contribution in [-0.2, 0) is 9.59 Å². The lowest BCUT2D eigenvalue weighted by atomic mass is 9.82. The van der Waals surface area contributed by atoms with Gasteiger partial charge in [0.1, 0.15) is 0 Å². The Kier molecular flexibility index (Phi) is 5.17. The zero-order valence-corrected chi connectivity index (χ0v) is 11.6. The van der Waals surface area contributed by atoms with E-state index in [2.05, 4.69) is 5.32 Å². The Morgan fingerprint density at radius 3 is 2.35 bits per heavy atom. The predicted molar refractivity (Wildman–Crippen MR) is 73.9 cm³/mol. The summed E-state index contributed by atoms with van der Waals surface area (Å²) in [4.78, 5) is 23.5. The van der Waals surface area contributed by atoms with Gasteiger partial charge in [0.05, 0.1) is 11.8 Å². The molecule has 112 valence electrons. The topological polar surface area (TPSA) is 86.6 Å². The Labute approximate surface area is 119 Å². The first kappa shape index (κ1) is 15.0. The number of rotatable bonds is 8. The molecule has 0 aromatic heterocycles. The number of carbonyl (C=O) groups excluding carboxylic acids is 1. The fourth-order valence-electron chi connectivity index (χ4n) is 3.44. The summed E-state index contributed by atoms with van der Waals surface area (Å²) in [6, 6.07) is 0. The molecule has 20 heavy (non-hydrogen) atoms. The van der Waals surface area contributed by atoms with Crippen molar-refractivity contribution in [3.05, 3.63) is 12.2 Å². The van der Waals surface area contributed by atoms with Gasteiger partial charge in [-0.25, -0.2) is 0 Å². The van der Waals surface area contributed by atoms with Crippen LogP contribution in [0.5, 0.6) is 0 Å². The van der Waals surface area contributed by atoms with Crippen molar-refractivity contribution in [3.63, 3.8) is 0 Å². The van der Waals surface area contributed by atoms with Crippen LogP contribution in [0.1, 0.15) is 32.1 Å². The highest BCUT2D eigenvalue weighted by Crippen LogP contribution is 2.48. The van der Waals surface area contributed by atoms with Crippen molar-refractivity contribution in [1.82, 2.24) is 5.32 Å². The van der Waals surface area contributed by atoms with Crippen molar-refractivity contribution >= 4 is 11.9 Å². The Morgan fingerprint density at radius 1 is 1.05 bits per heavy atom.